The van der Waals surface area contributed by atoms with Crippen LogP contribution in [-0.4, -0.2) is 54.0 Å². The molecule has 1 aliphatic heterocycles. The van der Waals surface area contributed by atoms with Gasteiger partial charge in [0, 0.05) is 55.5 Å². The molecule has 0 saturated carbocycles. The minimum atomic E-state index is 0. The van der Waals surface area contributed by atoms with E-state index >= 15 is 0 Å². The number of carbonyl (C=O) groups excluding carboxylic acids is 1. The van der Waals surface area contributed by atoms with Gasteiger partial charge in [-0.2, -0.15) is 0 Å². The fourth-order valence-electron chi connectivity index (χ4n) is 3.49. The molecule has 1 aromatic carbocycles. The summed E-state index contributed by atoms with van der Waals surface area (Å²) in [5.41, 5.74) is 3.49. The summed E-state index contributed by atoms with van der Waals surface area (Å²) in [5, 5.41) is 9.98. The average molecular weight is 556 g/mol. The number of aryl methyl sites for hydroxylation is 1. The standard InChI is InChI=1S/C23H33N5OS.HI/c1-5-24-23(27-19-11-13-28(14-19)22(29)16(2)3)25-12-10-20-15-30-21(26-20)18-8-6-17(4)7-9-18;/h6-9,15-16,19H,5,10-14H2,1-4H3,(H2,24,25,27);1H. The van der Waals surface area contributed by atoms with E-state index in [4.69, 9.17) is 9.98 Å². The lowest BCUT2D eigenvalue weighted by atomic mass is 10.2. The first-order valence-corrected chi connectivity index (χ1v) is 11.7. The number of likely N-dealkylation sites (tertiary alicyclic amines) is 1. The molecular formula is C23H34IN5OS. The van der Waals surface area contributed by atoms with E-state index in [0.29, 0.717) is 6.54 Å². The Labute approximate surface area is 207 Å². The van der Waals surface area contributed by atoms with Gasteiger partial charge in [-0.15, -0.1) is 35.3 Å². The molecular weight excluding hydrogens is 521 g/mol. The number of hydrogen-bond donors (Lipinski definition) is 2. The van der Waals surface area contributed by atoms with Crippen molar-refractivity contribution in [1.29, 1.82) is 0 Å². The zero-order valence-corrected chi connectivity index (χ0v) is 22.0. The molecule has 8 heteroatoms. The van der Waals surface area contributed by atoms with Crippen molar-refractivity contribution in [3.05, 3.63) is 40.9 Å². The van der Waals surface area contributed by atoms with Gasteiger partial charge in [0.2, 0.25) is 5.91 Å². The average Bonchev–Trinajstić information content (AvgIpc) is 3.38. The predicted octanol–water partition coefficient (Wildman–Crippen LogP) is 4.09. The SMILES string of the molecule is CCNC(=NCCc1csc(-c2ccc(C)cc2)n1)NC1CCN(C(=O)C(C)C)C1.I. The fourth-order valence-corrected chi connectivity index (χ4v) is 4.35. The molecule has 6 nitrogen and oxygen atoms in total. The minimum Gasteiger partial charge on any atom is -0.357 e. The van der Waals surface area contributed by atoms with Crippen molar-refractivity contribution in [2.75, 3.05) is 26.2 Å². The number of benzene rings is 1. The topological polar surface area (TPSA) is 69.6 Å². The molecule has 0 radical (unpaired) electrons. The lowest BCUT2D eigenvalue weighted by molar-refractivity contribution is -0.133. The first-order valence-electron chi connectivity index (χ1n) is 10.8. The minimum absolute atomic E-state index is 0. The van der Waals surface area contributed by atoms with Crippen molar-refractivity contribution >= 4 is 47.2 Å². The van der Waals surface area contributed by atoms with Crippen LogP contribution in [0, 0.1) is 12.8 Å². The summed E-state index contributed by atoms with van der Waals surface area (Å²) >= 11 is 1.68. The molecule has 1 amide bonds. The maximum Gasteiger partial charge on any atom is 0.225 e. The molecule has 2 heterocycles. The number of rotatable bonds is 7. The lowest BCUT2D eigenvalue weighted by Gasteiger charge is -2.20. The van der Waals surface area contributed by atoms with E-state index in [0.717, 1.165) is 54.7 Å². The quantitative estimate of drug-likeness (QED) is 0.307. The first-order chi connectivity index (χ1) is 14.5. The second-order valence-corrected chi connectivity index (χ2v) is 8.95. The normalized spacial score (nSPS) is 16.4. The molecule has 0 bridgehead atoms. The highest BCUT2D eigenvalue weighted by atomic mass is 127. The van der Waals surface area contributed by atoms with Gasteiger partial charge in [0.25, 0.3) is 0 Å². The number of hydrogen-bond acceptors (Lipinski definition) is 4. The van der Waals surface area contributed by atoms with Gasteiger partial charge in [-0.1, -0.05) is 43.7 Å². The van der Waals surface area contributed by atoms with Crippen LogP contribution in [0.3, 0.4) is 0 Å². The van der Waals surface area contributed by atoms with Crippen LogP contribution < -0.4 is 10.6 Å². The van der Waals surface area contributed by atoms with Crippen molar-refractivity contribution in [2.45, 2.75) is 46.6 Å². The van der Waals surface area contributed by atoms with E-state index in [2.05, 4.69) is 54.1 Å². The Kier molecular flexibility index (Phi) is 10.2. The van der Waals surface area contributed by atoms with Crippen LogP contribution in [-0.2, 0) is 11.2 Å². The van der Waals surface area contributed by atoms with Crippen LogP contribution in [0.25, 0.3) is 10.6 Å². The molecule has 1 atom stereocenters. The van der Waals surface area contributed by atoms with Crippen molar-refractivity contribution in [3.63, 3.8) is 0 Å². The van der Waals surface area contributed by atoms with Gasteiger partial charge >= 0.3 is 0 Å². The van der Waals surface area contributed by atoms with E-state index in [1.165, 1.54) is 5.56 Å². The fraction of sp³-hybridized carbons (Fsp3) is 0.522. The number of carbonyl (C=O) groups is 1. The van der Waals surface area contributed by atoms with Gasteiger partial charge in [-0.05, 0) is 20.3 Å². The van der Waals surface area contributed by atoms with Crippen LogP contribution in [0.5, 0.6) is 0 Å². The number of nitrogens with zero attached hydrogens (tertiary/aromatic N) is 3. The highest BCUT2D eigenvalue weighted by Gasteiger charge is 2.27. The highest BCUT2D eigenvalue weighted by molar-refractivity contribution is 14.0. The second kappa shape index (κ2) is 12.4. The Balaban J connectivity index is 0.00000341. The number of guanidine groups is 1. The lowest BCUT2D eigenvalue weighted by Crippen LogP contribution is -2.45. The smallest absolute Gasteiger partial charge is 0.225 e. The Morgan fingerprint density at radius 1 is 1.32 bits per heavy atom. The van der Waals surface area contributed by atoms with Crippen molar-refractivity contribution in [3.8, 4) is 10.6 Å². The summed E-state index contributed by atoms with van der Waals surface area (Å²) in [7, 11) is 0. The molecule has 1 fully saturated rings. The maximum atomic E-state index is 12.2. The molecule has 3 rings (SSSR count). The molecule has 170 valence electrons. The summed E-state index contributed by atoms with van der Waals surface area (Å²) in [6, 6.07) is 8.73. The molecule has 1 aromatic heterocycles. The van der Waals surface area contributed by atoms with E-state index in [9.17, 15) is 4.79 Å². The van der Waals surface area contributed by atoms with Gasteiger partial charge in [0.1, 0.15) is 5.01 Å². The summed E-state index contributed by atoms with van der Waals surface area (Å²) in [6.45, 7) is 11.1. The van der Waals surface area contributed by atoms with E-state index < -0.39 is 0 Å². The third kappa shape index (κ3) is 7.45. The zero-order chi connectivity index (χ0) is 21.5. The Morgan fingerprint density at radius 2 is 2.06 bits per heavy atom. The van der Waals surface area contributed by atoms with Crippen molar-refractivity contribution in [1.82, 2.24) is 20.5 Å². The van der Waals surface area contributed by atoms with Gasteiger partial charge < -0.3 is 15.5 Å². The maximum absolute atomic E-state index is 12.2. The molecule has 31 heavy (non-hydrogen) atoms. The van der Waals surface area contributed by atoms with Crippen LogP contribution >= 0.6 is 35.3 Å². The van der Waals surface area contributed by atoms with E-state index in [1.54, 1.807) is 11.3 Å². The number of nitrogens with one attached hydrogen (secondary N) is 2. The Hall–Kier alpha value is -1.68. The van der Waals surface area contributed by atoms with Gasteiger partial charge in [-0.3, -0.25) is 9.79 Å². The van der Waals surface area contributed by atoms with Gasteiger partial charge in [0.05, 0.1) is 5.69 Å². The number of thiazole rings is 1. The first kappa shape index (κ1) is 25.6. The molecule has 2 N–H and O–H groups in total. The van der Waals surface area contributed by atoms with E-state index in [1.807, 2.05) is 18.7 Å². The number of aliphatic imine (C=N–C) groups is 1. The molecule has 2 aromatic rings. The Bertz CT molecular complexity index is 865. The Morgan fingerprint density at radius 3 is 2.74 bits per heavy atom. The monoisotopic (exact) mass is 555 g/mol. The van der Waals surface area contributed by atoms with Crippen LogP contribution in [0.1, 0.15) is 38.4 Å². The number of aromatic nitrogens is 1. The predicted molar refractivity (Wildman–Crippen MR) is 140 cm³/mol. The summed E-state index contributed by atoms with van der Waals surface area (Å²) in [4.78, 5) is 23.6. The van der Waals surface area contributed by atoms with Gasteiger partial charge in [0.15, 0.2) is 5.96 Å². The summed E-state index contributed by atoms with van der Waals surface area (Å²) in [6.07, 6.45) is 1.76. The molecule has 0 spiro atoms. The highest BCUT2D eigenvalue weighted by Crippen LogP contribution is 2.24. The largest absolute Gasteiger partial charge is 0.357 e. The number of amides is 1. The van der Waals surface area contributed by atoms with Crippen LogP contribution in [0.2, 0.25) is 0 Å². The molecule has 1 unspecified atom stereocenters. The van der Waals surface area contributed by atoms with Gasteiger partial charge in [-0.25, -0.2) is 4.98 Å². The molecule has 1 saturated heterocycles. The van der Waals surface area contributed by atoms with Crippen molar-refractivity contribution in [2.24, 2.45) is 10.9 Å². The van der Waals surface area contributed by atoms with E-state index in [-0.39, 0.29) is 41.8 Å². The third-order valence-corrected chi connectivity index (χ3v) is 6.11. The van der Waals surface area contributed by atoms with Crippen LogP contribution in [0.4, 0.5) is 0 Å². The molecule has 0 aliphatic carbocycles. The summed E-state index contributed by atoms with van der Waals surface area (Å²) in [5.74, 6) is 1.10. The zero-order valence-electron chi connectivity index (χ0n) is 18.9. The summed E-state index contributed by atoms with van der Waals surface area (Å²) < 4.78 is 0. The van der Waals surface area contributed by atoms with Crippen molar-refractivity contribution < 1.29 is 4.79 Å². The second-order valence-electron chi connectivity index (χ2n) is 8.09. The number of halogens is 1. The third-order valence-electron chi connectivity index (χ3n) is 5.17. The molecule has 1 aliphatic rings. The van der Waals surface area contributed by atoms with Crippen LogP contribution in [0.15, 0.2) is 34.6 Å².